The molecule has 0 radical (unpaired) electrons. The van der Waals surface area contributed by atoms with Crippen molar-refractivity contribution in [3.05, 3.63) is 0 Å². The number of hydrogen-bond acceptors (Lipinski definition) is 3. The van der Waals surface area contributed by atoms with E-state index in [9.17, 15) is 0 Å². The Bertz CT molecular complexity index is 404. The van der Waals surface area contributed by atoms with E-state index >= 15 is 0 Å². The Kier molecular flexibility index (Phi) is 6.23. The van der Waals surface area contributed by atoms with Crippen molar-refractivity contribution in [2.45, 2.75) is 70.4 Å². The van der Waals surface area contributed by atoms with E-state index in [2.05, 4.69) is 13.8 Å². The van der Waals surface area contributed by atoms with E-state index in [4.69, 9.17) is 14.2 Å². The molecule has 1 aliphatic carbocycles. The highest BCUT2D eigenvalue weighted by Gasteiger charge is 2.71. The number of rotatable bonds is 11. The standard InChI is InChI=1S/C20H38NO3/c1-4-5-6-7-11-21-12-10-17-8-9-18(20(17,21)2)19(15-21)24-16-23-14-13-22-3/h17-19H,4-16H2,1-3H3/q+1/t17-,18+,19+,20+,21-/m0/s1. The van der Waals surface area contributed by atoms with E-state index in [0.29, 0.717) is 31.6 Å². The summed E-state index contributed by atoms with van der Waals surface area (Å²) in [4.78, 5) is 0. The van der Waals surface area contributed by atoms with Crippen molar-refractivity contribution in [3.63, 3.8) is 0 Å². The molecule has 3 fully saturated rings. The Labute approximate surface area is 148 Å². The van der Waals surface area contributed by atoms with Crippen LogP contribution in [-0.4, -0.2) is 62.9 Å². The number of unbranched alkanes of at least 4 members (excludes halogenated alkanes) is 3. The lowest BCUT2D eigenvalue weighted by atomic mass is 9.83. The average Bonchev–Trinajstić information content (AvgIpc) is 3.14. The van der Waals surface area contributed by atoms with Crippen LogP contribution in [0.4, 0.5) is 0 Å². The average molecular weight is 341 g/mol. The number of quaternary nitrogens is 1. The molecule has 2 heterocycles. The fraction of sp³-hybridized carbons (Fsp3) is 1.00. The van der Waals surface area contributed by atoms with Crippen LogP contribution in [0.25, 0.3) is 0 Å². The minimum Gasteiger partial charge on any atom is -0.382 e. The van der Waals surface area contributed by atoms with E-state index < -0.39 is 0 Å². The largest absolute Gasteiger partial charge is 0.382 e. The van der Waals surface area contributed by atoms with Crippen molar-refractivity contribution in [2.75, 3.05) is 46.8 Å². The molecule has 2 saturated heterocycles. The molecule has 0 amide bonds. The lowest BCUT2D eigenvalue weighted by Crippen LogP contribution is -2.58. The molecule has 0 N–H and O–H groups in total. The molecule has 140 valence electrons. The third-order valence-electron chi connectivity index (χ3n) is 7.55. The molecule has 0 bridgehead atoms. The quantitative estimate of drug-likeness (QED) is 0.327. The summed E-state index contributed by atoms with van der Waals surface area (Å²) in [5.41, 5.74) is 0.476. The molecule has 4 nitrogen and oxygen atoms in total. The summed E-state index contributed by atoms with van der Waals surface area (Å²) >= 11 is 0. The van der Waals surface area contributed by atoms with Crippen LogP contribution in [0.1, 0.15) is 58.8 Å². The van der Waals surface area contributed by atoms with Crippen molar-refractivity contribution >= 4 is 0 Å². The van der Waals surface area contributed by atoms with Crippen LogP contribution in [0.3, 0.4) is 0 Å². The first kappa shape index (κ1) is 18.6. The van der Waals surface area contributed by atoms with E-state index in [1.165, 1.54) is 69.1 Å². The lowest BCUT2D eigenvalue weighted by Gasteiger charge is -2.44. The normalized spacial score (nSPS) is 40.4. The number of methoxy groups -OCH3 is 1. The summed E-state index contributed by atoms with van der Waals surface area (Å²) in [6, 6.07) is 0. The van der Waals surface area contributed by atoms with Crippen LogP contribution < -0.4 is 0 Å². The zero-order valence-electron chi connectivity index (χ0n) is 16.1. The van der Waals surface area contributed by atoms with E-state index in [0.717, 1.165) is 11.8 Å². The third kappa shape index (κ3) is 3.15. The molecule has 0 spiro atoms. The van der Waals surface area contributed by atoms with Crippen LogP contribution >= 0.6 is 0 Å². The molecule has 0 unspecified atom stereocenters. The second-order valence-corrected chi connectivity index (χ2v) is 8.45. The van der Waals surface area contributed by atoms with Gasteiger partial charge in [0.25, 0.3) is 0 Å². The highest BCUT2D eigenvalue weighted by atomic mass is 16.7. The Morgan fingerprint density at radius 3 is 2.75 bits per heavy atom. The topological polar surface area (TPSA) is 27.7 Å². The molecular formula is C20H38NO3+. The molecule has 0 aromatic rings. The van der Waals surface area contributed by atoms with Crippen LogP contribution in [0, 0.1) is 11.8 Å². The van der Waals surface area contributed by atoms with Gasteiger partial charge in [0.05, 0.1) is 26.3 Å². The second-order valence-electron chi connectivity index (χ2n) is 8.45. The van der Waals surface area contributed by atoms with Crippen molar-refractivity contribution in [3.8, 4) is 0 Å². The fourth-order valence-electron chi connectivity index (χ4n) is 6.20. The Hall–Kier alpha value is -0.160. The Morgan fingerprint density at radius 2 is 1.96 bits per heavy atom. The van der Waals surface area contributed by atoms with Gasteiger partial charge in [-0.1, -0.05) is 19.8 Å². The predicted octanol–water partition coefficient (Wildman–Crippen LogP) is 3.59. The molecule has 0 aromatic carbocycles. The van der Waals surface area contributed by atoms with Gasteiger partial charge in [0.2, 0.25) is 0 Å². The van der Waals surface area contributed by atoms with Gasteiger partial charge in [-0.25, -0.2) is 0 Å². The van der Waals surface area contributed by atoms with Gasteiger partial charge in [0.15, 0.2) is 0 Å². The van der Waals surface area contributed by atoms with Gasteiger partial charge in [-0.05, 0) is 32.6 Å². The minimum atomic E-state index is 0.397. The molecule has 3 aliphatic rings. The van der Waals surface area contributed by atoms with E-state index in [1.54, 1.807) is 7.11 Å². The Morgan fingerprint density at radius 1 is 1.08 bits per heavy atom. The maximum atomic E-state index is 6.24. The molecule has 4 heteroatoms. The third-order valence-corrected chi connectivity index (χ3v) is 7.55. The van der Waals surface area contributed by atoms with Gasteiger partial charge >= 0.3 is 0 Å². The van der Waals surface area contributed by atoms with Crippen molar-refractivity contribution in [1.82, 2.24) is 0 Å². The van der Waals surface area contributed by atoms with Gasteiger partial charge in [0.1, 0.15) is 25.0 Å². The molecular weight excluding hydrogens is 302 g/mol. The van der Waals surface area contributed by atoms with Crippen LogP contribution in [-0.2, 0) is 14.2 Å². The van der Waals surface area contributed by atoms with Gasteiger partial charge in [-0.2, -0.15) is 0 Å². The number of ether oxygens (including phenoxy) is 3. The first-order valence-corrected chi connectivity index (χ1v) is 10.2. The summed E-state index contributed by atoms with van der Waals surface area (Å²) in [7, 11) is 1.71. The van der Waals surface area contributed by atoms with Gasteiger partial charge in [0, 0.05) is 25.4 Å². The maximum absolute atomic E-state index is 6.24. The molecule has 2 aliphatic heterocycles. The van der Waals surface area contributed by atoms with E-state index in [1.807, 2.05) is 0 Å². The van der Waals surface area contributed by atoms with Crippen LogP contribution in [0.5, 0.6) is 0 Å². The fourth-order valence-corrected chi connectivity index (χ4v) is 6.20. The zero-order valence-corrected chi connectivity index (χ0v) is 16.1. The number of nitrogens with zero attached hydrogens (tertiary/aromatic N) is 1. The minimum absolute atomic E-state index is 0.397. The summed E-state index contributed by atoms with van der Waals surface area (Å²) in [5.74, 6) is 1.67. The molecule has 1 saturated carbocycles. The molecule has 3 rings (SSSR count). The smallest absolute Gasteiger partial charge is 0.147 e. The zero-order chi connectivity index (χ0) is 17.0. The Balaban J connectivity index is 1.59. The van der Waals surface area contributed by atoms with Crippen molar-refractivity contribution in [1.29, 1.82) is 0 Å². The SMILES string of the molecule is CCCCCC[N@+]12CC[C@@H]3CC[C@H]([C@H](OCOCCOC)C1)[C@@]32C. The summed E-state index contributed by atoms with van der Waals surface area (Å²) < 4.78 is 18.2. The molecule has 0 aromatic heterocycles. The van der Waals surface area contributed by atoms with Crippen LogP contribution in [0.15, 0.2) is 0 Å². The highest BCUT2D eigenvalue weighted by molar-refractivity contribution is 5.08. The highest BCUT2D eigenvalue weighted by Crippen LogP contribution is 2.60. The molecule has 24 heavy (non-hydrogen) atoms. The molecule has 5 atom stereocenters. The summed E-state index contributed by atoms with van der Waals surface area (Å²) in [5, 5.41) is 0. The second kappa shape index (κ2) is 8.03. The van der Waals surface area contributed by atoms with Crippen LogP contribution in [0.2, 0.25) is 0 Å². The first-order valence-electron chi connectivity index (χ1n) is 10.2. The van der Waals surface area contributed by atoms with Gasteiger partial charge in [-0.15, -0.1) is 0 Å². The first-order chi connectivity index (χ1) is 11.7. The summed E-state index contributed by atoms with van der Waals surface area (Å²) in [6.07, 6.45) is 10.1. The summed E-state index contributed by atoms with van der Waals surface area (Å²) in [6.45, 7) is 10.6. The number of hydrogen-bond donors (Lipinski definition) is 0. The monoisotopic (exact) mass is 340 g/mol. The van der Waals surface area contributed by atoms with E-state index in [-0.39, 0.29) is 0 Å². The predicted molar refractivity (Wildman–Crippen MR) is 95.8 cm³/mol. The van der Waals surface area contributed by atoms with Gasteiger partial charge in [-0.3, -0.25) is 0 Å². The van der Waals surface area contributed by atoms with Crippen molar-refractivity contribution in [2.24, 2.45) is 11.8 Å². The lowest BCUT2D eigenvalue weighted by molar-refractivity contribution is -0.953. The van der Waals surface area contributed by atoms with Gasteiger partial charge < -0.3 is 18.7 Å². The maximum Gasteiger partial charge on any atom is 0.147 e. The van der Waals surface area contributed by atoms with Crippen molar-refractivity contribution < 1.29 is 18.7 Å².